The van der Waals surface area contributed by atoms with Crippen LogP contribution in [0.2, 0.25) is 0 Å². The maximum atomic E-state index is 13.3. The second-order valence-corrected chi connectivity index (χ2v) is 15.1. The van der Waals surface area contributed by atoms with Crippen molar-refractivity contribution in [3.05, 3.63) is 104 Å². The predicted octanol–water partition coefficient (Wildman–Crippen LogP) is 8.85. The van der Waals surface area contributed by atoms with Crippen molar-refractivity contribution in [1.82, 2.24) is 25.5 Å². The van der Waals surface area contributed by atoms with E-state index in [1.54, 1.807) is 27.9 Å². The summed E-state index contributed by atoms with van der Waals surface area (Å²) in [5, 5.41) is 9.62. The first-order chi connectivity index (χ1) is 23.2. The molecule has 258 valence electrons. The highest BCUT2D eigenvalue weighted by Crippen LogP contribution is 2.25. The van der Waals surface area contributed by atoms with Gasteiger partial charge in [0.1, 0.15) is 6.61 Å². The molecule has 48 heavy (non-hydrogen) atoms. The molecule has 0 saturated carbocycles. The predicted molar refractivity (Wildman–Crippen MR) is 196 cm³/mol. The SMILES string of the molecule is CC(C)c1nc(CN(C)C(=O)NC(CCC(CCC(Cc2ccccc2)NC(=O)OCc2cncs2)Cc2ccccc2)C(C)C)cs1. The zero-order valence-electron chi connectivity index (χ0n) is 28.9. The van der Waals surface area contributed by atoms with Crippen molar-refractivity contribution in [3.8, 4) is 0 Å². The molecule has 0 saturated heterocycles. The smallest absolute Gasteiger partial charge is 0.407 e. The van der Waals surface area contributed by atoms with E-state index in [4.69, 9.17) is 9.72 Å². The molecule has 4 rings (SSSR count). The summed E-state index contributed by atoms with van der Waals surface area (Å²) in [7, 11) is 1.83. The molecule has 4 aromatic rings. The fourth-order valence-electron chi connectivity index (χ4n) is 5.75. The molecule has 8 nitrogen and oxygen atoms in total. The maximum absolute atomic E-state index is 13.3. The summed E-state index contributed by atoms with van der Waals surface area (Å²) in [4.78, 5) is 37.6. The first-order valence-electron chi connectivity index (χ1n) is 17.0. The Labute approximate surface area is 294 Å². The lowest BCUT2D eigenvalue weighted by molar-refractivity contribution is 0.135. The Hall–Kier alpha value is -3.76. The van der Waals surface area contributed by atoms with Gasteiger partial charge in [-0.15, -0.1) is 22.7 Å². The van der Waals surface area contributed by atoms with Crippen LogP contribution in [0.5, 0.6) is 0 Å². The molecule has 2 N–H and O–H groups in total. The molecule has 2 aromatic heterocycles. The third kappa shape index (κ3) is 12.7. The Balaban J connectivity index is 1.38. The minimum Gasteiger partial charge on any atom is -0.444 e. The summed E-state index contributed by atoms with van der Waals surface area (Å²) in [6.07, 6.45) is 6.56. The summed E-state index contributed by atoms with van der Waals surface area (Å²) >= 11 is 3.12. The van der Waals surface area contributed by atoms with Crippen molar-refractivity contribution in [2.24, 2.45) is 11.8 Å². The highest BCUT2D eigenvalue weighted by molar-refractivity contribution is 7.09. The molecule has 0 aliphatic rings. The van der Waals surface area contributed by atoms with Crippen molar-refractivity contribution < 1.29 is 14.3 Å². The molecule has 0 aliphatic heterocycles. The van der Waals surface area contributed by atoms with Gasteiger partial charge in [0, 0.05) is 36.6 Å². The quantitative estimate of drug-likeness (QED) is 0.109. The molecule has 0 fully saturated rings. The number of hydrogen-bond acceptors (Lipinski definition) is 7. The van der Waals surface area contributed by atoms with Gasteiger partial charge >= 0.3 is 12.1 Å². The maximum Gasteiger partial charge on any atom is 0.407 e. The Morgan fingerprint density at radius 1 is 0.854 bits per heavy atom. The van der Waals surface area contributed by atoms with Crippen LogP contribution in [-0.2, 0) is 30.7 Å². The summed E-state index contributed by atoms with van der Waals surface area (Å²) in [5.74, 6) is 1.04. The fourth-order valence-corrected chi connectivity index (χ4v) is 7.08. The number of hydrogen-bond donors (Lipinski definition) is 2. The molecule has 0 aliphatic carbocycles. The number of urea groups is 1. The Kier molecular flexibility index (Phi) is 14.9. The molecule has 10 heteroatoms. The summed E-state index contributed by atoms with van der Waals surface area (Å²) in [6.45, 7) is 9.31. The number of carbonyl (C=O) groups excluding carboxylic acids is 2. The normalized spacial score (nSPS) is 13.2. The minimum absolute atomic E-state index is 0.0415. The molecular weight excluding hydrogens is 639 g/mol. The lowest BCUT2D eigenvalue weighted by atomic mass is 9.85. The van der Waals surface area contributed by atoms with Crippen LogP contribution in [-0.4, -0.2) is 46.1 Å². The summed E-state index contributed by atoms with van der Waals surface area (Å²) in [5.41, 5.74) is 5.14. The van der Waals surface area contributed by atoms with E-state index in [1.807, 2.05) is 36.7 Å². The highest BCUT2D eigenvalue weighted by atomic mass is 32.1. The van der Waals surface area contributed by atoms with E-state index in [9.17, 15) is 9.59 Å². The van der Waals surface area contributed by atoms with Crippen molar-refractivity contribution in [2.45, 2.75) is 97.4 Å². The molecule has 3 amide bonds. The summed E-state index contributed by atoms with van der Waals surface area (Å²) in [6, 6.07) is 20.8. The zero-order valence-corrected chi connectivity index (χ0v) is 30.6. The van der Waals surface area contributed by atoms with Gasteiger partial charge in [0.2, 0.25) is 0 Å². The van der Waals surface area contributed by atoms with Crippen molar-refractivity contribution in [2.75, 3.05) is 7.05 Å². The molecule has 0 bridgehead atoms. The number of aromatic nitrogens is 2. The molecule has 2 heterocycles. The van der Waals surface area contributed by atoms with E-state index in [1.165, 1.54) is 22.5 Å². The van der Waals surface area contributed by atoms with Crippen LogP contribution in [0.3, 0.4) is 0 Å². The van der Waals surface area contributed by atoms with Gasteiger partial charge in [-0.05, 0) is 61.5 Å². The molecule has 0 spiro atoms. The third-order valence-corrected chi connectivity index (χ3v) is 10.5. The van der Waals surface area contributed by atoms with Gasteiger partial charge in [0.15, 0.2) is 0 Å². The van der Waals surface area contributed by atoms with E-state index in [0.717, 1.165) is 54.1 Å². The third-order valence-electron chi connectivity index (χ3n) is 8.58. The Bertz CT molecular complexity index is 1500. The van der Waals surface area contributed by atoms with Gasteiger partial charge in [0.25, 0.3) is 0 Å². The number of ether oxygens (including phenoxy) is 1. The zero-order chi connectivity index (χ0) is 34.3. The van der Waals surface area contributed by atoms with E-state index < -0.39 is 6.09 Å². The molecule has 3 atom stereocenters. The van der Waals surface area contributed by atoms with Gasteiger partial charge in [0.05, 0.1) is 27.6 Å². The average Bonchev–Trinajstić information content (AvgIpc) is 3.78. The van der Waals surface area contributed by atoms with E-state index >= 15 is 0 Å². The lowest BCUT2D eigenvalue weighted by Gasteiger charge is -2.28. The average molecular weight is 690 g/mol. The number of alkyl carbamates (subject to hydrolysis) is 1. The Morgan fingerprint density at radius 2 is 1.52 bits per heavy atom. The summed E-state index contributed by atoms with van der Waals surface area (Å²) < 4.78 is 5.54. The number of thiazole rings is 2. The van der Waals surface area contributed by atoms with Gasteiger partial charge in [-0.3, -0.25) is 4.98 Å². The molecule has 0 radical (unpaired) electrons. The van der Waals surface area contributed by atoms with Gasteiger partial charge in [-0.1, -0.05) is 88.4 Å². The number of nitrogens with zero attached hydrogens (tertiary/aromatic N) is 3. The Morgan fingerprint density at radius 3 is 2.12 bits per heavy atom. The molecule has 3 unspecified atom stereocenters. The first-order valence-corrected chi connectivity index (χ1v) is 18.8. The van der Waals surface area contributed by atoms with Gasteiger partial charge < -0.3 is 20.3 Å². The highest BCUT2D eigenvalue weighted by Gasteiger charge is 2.23. The topological polar surface area (TPSA) is 96.5 Å². The number of rotatable bonds is 18. The second kappa shape index (κ2) is 19.3. The lowest BCUT2D eigenvalue weighted by Crippen LogP contribution is -2.45. The molecule has 2 aromatic carbocycles. The van der Waals surface area contributed by atoms with Crippen LogP contribution in [0.1, 0.15) is 86.0 Å². The van der Waals surface area contributed by atoms with Crippen molar-refractivity contribution in [3.63, 3.8) is 0 Å². The van der Waals surface area contributed by atoms with Gasteiger partial charge in [-0.2, -0.15) is 0 Å². The van der Waals surface area contributed by atoms with E-state index in [2.05, 4.69) is 79.7 Å². The van der Waals surface area contributed by atoms with Crippen molar-refractivity contribution in [1.29, 1.82) is 0 Å². The first kappa shape index (κ1) is 37.1. The van der Waals surface area contributed by atoms with Crippen LogP contribution in [0.25, 0.3) is 0 Å². The van der Waals surface area contributed by atoms with Crippen LogP contribution in [0, 0.1) is 11.8 Å². The van der Waals surface area contributed by atoms with Crippen LogP contribution < -0.4 is 10.6 Å². The molecular formula is C38H51N5O3S2. The number of nitrogens with one attached hydrogen (secondary N) is 2. The standard InChI is InChI=1S/C38H51N5O3S2/c1-27(2)35(42-37(44)43(5)23-33-25-47-36(40-33)28(3)4)19-17-31(20-29-12-8-6-9-13-29)16-18-32(21-30-14-10-7-11-15-30)41-38(45)46-24-34-22-39-26-48-34/h6-15,22,25-28,31-32,35H,16-21,23-24H2,1-5H3,(H,41,45)(H,42,44). The van der Waals surface area contributed by atoms with E-state index in [-0.39, 0.29) is 30.6 Å². The van der Waals surface area contributed by atoms with Crippen molar-refractivity contribution >= 4 is 34.8 Å². The second-order valence-electron chi connectivity index (χ2n) is 13.3. The fraction of sp³-hybridized carbons (Fsp3) is 0.474. The van der Waals surface area contributed by atoms with Crippen LogP contribution in [0.4, 0.5) is 9.59 Å². The largest absolute Gasteiger partial charge is 0.444 e. The number of amides is 3. The van der Waals surface area contributed by atoms with E-state index in [0.29, 0.717) is 18.4 Å². The number of carbonyl (C=O) groups is 2. The van der Waals surface area contributed by atoms with Crippen LogP contribution in [0.15, 0.2) is 77.8 Å². The minimum atomic E-state index is -0.409. The van der Waals surface area contributed by atoms with Gasteiger partial charge in [-0.25, -0.2) is 14.6 Å². The number of benzene rings is 2. The van der Waals surface area contributed by atoms with Crippen LogP contribution >= 0.6 is 22.7 Å². The monoisotopic (exact) mass is 689 g/mol.